The molecule has 0 bridgehead atoms. The van der Waals surface area contributed by atoms with Crippen LogP contribution in [0, 0.1) is 0 Å². The lowest BCUT2D eigenvalue weighted by atomic mass is 10.1. The quantitative estimate of drug-likeness (QED) is 0.848. The lowest BCUT2D eigenvalue weighted by molar-refractivity contribution is 0.0996. The number of hydrogen-bond donors (Lipinski definition) is 2. The fourth-order valence-corrected chi connectivity index (χ4v) is 2.36. The molecule has 0 aliphatic heterocycles. The van der Waals surface area contributed by atoms with Crippen LogP contribution in [0.3, 0.4) is 0 Å². The van der Waals surface area contributed by atoms with Crippen LogP contribution < -0.4 is 15.8 Å². The van der Waals surface area contributed by atoms with Crippen molar-refractivity contribution in [2.45, 2.75) is 0 Å². The minimum Gasteiger partial charge on any atom is -0.497 e. The zero-order chi connectivity index (χ0) is 16.3. The zero-order valence-corrected chi connectivity index (χ0v) is 13.9. The first-order chi connectivity index (χ1) is 10.4. The molecule has 2 aromatic rings. The molecule has 0 saturated carbocycles. The molecule has 22 heavy (non-hydrogen) atoms. The second kappa shape index (κ2) is 6.81. The fraction of sp³-hybridized carbons (Fsp3) is 0.0667. The number of ether oxygens (including phenoxy) is 1. The maximum atomic E-state index is 12.4. The van der Waals surface area contributed by atoms with Gasteiger partial charge in [-0.2, -0.15) is 0 Å². The summed E-state index contributed by atoms with van der Waals surface area (Å²) in [5.41, 5.74) is 6.15. The molecule has 2 amide bonds. The van der Waals surface area contributed by atoms with Crippen LogP contribution in [0.25, 0.3) is 0 Å². The summed E-state index contributed by atoms with van der Waals surface area (Å²) < 4.78 is 5.70. The topological polar surface area (TPSA) is 81.4 Å². The first-order valence-corrected chi connectivity index (χ1v) is 7.33. The van der Waals surface area contributed by atoms with Crippen LogP contribution in [0.15, 0.2) is 40.9 Å². The standard InChI is InChI=1S/C15H12BrClN2O3/c1-22-9-3-4-11(16)10(7-9)15(21)19-13-6-8(14(18)20)2-5-12(13)17/h2-7H,1H3,(H2,18,20)(H,19,21). The Morgan fingerprint density at radius 1 is 1.23 bits per heavy atom. The minimum absolute atomic E-state index is 0.254. The average Bonchev–Trinajstić information content (AvgIpc) is 2.49. The second-order valence-electron chi connectivity index (χ2n) is 4.36. The molecule has 0 spiro atoms. The van der Waals surface area contributed by atoms with Crippen molar-refractivity contribution in [2.24, 2.45) is 5.73 Å². The van der Waals surface area contributed by atoms with Gasteiger partial charge in [-0.05, 0) is 52.3 Å². The van der Waals surface area contributed by atoms with Gasteiger partial charge in [-0.25, -0.2) is 0 Å². The Morgan fingerprint density at radius 3 is 2.59 bits per heavy atom. The van der Waals surface area contributed by atoms with Crippen LogP contribution >= 0.6 is 27.5 Å². The molecule has 0 radical (unpaired) electrons. The largest absolute Gasteiger partial charge is 0.497 e. The maximum Gasteiger partial charge on any atom is 0.256 e. The monoisotopic (exact) mass is 382 g/mol. The van der Waals surface area contributed by atoms with E-state index in [2.05, 4.69) is 21.2 Å². The van der Waals surface area contributed by atoms with Gasteiger partial charge in [0.2, 0.25) is 5.91 Å². The molecule has 3 N–H and O–H groups in total. The molecule has 0 aliphatic rings. The number of amides is 2. The normalized spacial score (nSPS) is 10.1. The number of nitrogens with one attached hydrogen (secondary N) is 1. The highest BCUT2D eigenvalue weighted by Crippen LogP contribution is 2.26. The lowest BCUT2D eigenvalue weighted by Gasteiger charge is -2.10. The number of hydrogen-bond acceptors (Lipinski definition) is 3. The Labute approximate surface area is 140 Å². The molecule has 2 aromatic carbocycles. The van der Waals surface area contributed by atoms with Gasteiger partial charge in [0.25, 0.3) is 5.91 Å². The summed E-state index contributed by atoms with van der Waals surface area (Å²) in [5, 5.41) is 2.95. The predicted octanol–water partition coefficient (Wildman–Crippen LogP) is 3.46. The summed E-state index contributed by atoms with van der Waals surface area (Å²) in [4.78, 5) is 23.6. The van der Waals surface area contributed by atoms with Gasteiger partial charge in [0.1, 0.15) is 5.75 Å². The van der Waals surface area contributed by atoms with Gasteiger partial charge in [-0.3, -0.25) is 9.59 Å². The van der Waals surface area contributed by atoms with Crippen molar-refractivity contribution >= 4 is 45.0 Å². The smallest absolute Gasteiger partial charge is 0.256 e. The third-order valence-electron chi connectivity index (χ3n) is 2.92. The second-order valence-corrected chi connectivity index (χ2v) is 5.62. The Morgan fingerprint density at radius 2 is 1.95 bits per heavy atom. The summed E-state index contributed by atoms with van der Waals surface area (Å²) in [6.07, 6.45) is 0. The van der Waals surface area contributed by atoms with E-state index in [1.165, 1.54) is 25.3 Å². The van der Waals surface area contributed by atoms with E-state index < -0.39 is 11.8 Å². The molecule has 0 atom stereocenters. The van der Waals surface area contributed by atoms with E-state index >= 15 is 0 Å². The molecule has 114 valence electrons. The zero-order valence-electron chi connectivity index (χ0n) is 11.5. The Kier molecular flexibility index (Phi) is 5.05. The number of carbonyl (C=O) groups excluding carboxylic acids is 2. The van der Waals surface area contributed by atoms with Gasteiger partial charge in [0.05, 0.1) is 23.4 Å². The predicted molar refractivity (Wildman–Crippen MR) is 88.6 cm³/mol. The molecule has 5 nitrogen and oxygen atoms in total. The van der Waals surface area contributed by atoms with Gasteiger partial charge < -0.3 is 15.8 Å². The first kappa shape index (κ1) is 16.3. The van der Waals surface area contributed by atoms with Crippen LogP contribution in [-0.2, 0) is 0 Å². The van der Waals surface area contributed by atoms with Crippen molar-refractivity contribution in [3.05, 3.63) is 57.0 Å². The van der Waals surface area contributed by atoms with Crippen molar-refractivity contribution in [1.82, 2.24) is 0 Å². The van der Waals surface area contributed by atoms with Crippen LogP contribution in [0.2, 0.25) is 5.02 Å². The molecule has 0 heterocycles. The number of rotatable bonds is 4. The number of anilines is 1. The van der Waals surface area contributed by atoms with E-state index in [0.29, 0.717) is 26.5 Å². The van der Waals surface area contributed by atoms with Crippen LogP contribution in [0.4, 0.5) is 5.69 Å². The molecule has 0 aromatic heterocycles. The highest BCUT2D eigenvalue weighted by Gasteiger charge is 2.14. The number of methoxy groups -OCH3 is 1. The highest BCUT2D eigenvalue weighted by atomic mass is 79.9. The molecular formula is C15H12BrClN2O3. The summed E-state index contributed by atoms with van der Waals surface area (Å²) in [6, 6.07) is 9.43. The van der Waals surface area contributed by atoms with Crippen molar-refractivity contribution < 1.29 is 14.3 Å². The van der Waals surface area contributed by atoms with E-state index in [4.69, 9.17) is 22.1 Å². The summed E-state index contributed by atoms with van der Waals surface area (Å²) in [6.45, 7) is 0. The molecule has 0 fully saturated rings. The summed E-state index contributed by atoms with van der Waals surface area (Å²) in [7, 11) is 1.51. The lowest BCUT2D eigenvalue weighted by Crippen LogP contribution is -2.15. The molecule has 0 aliphatic carbocycles. The van der Waals surface area contributed by atoms with Gasteiger partial charge in [0.15, 0.2) is 0 Å². The van der Waals surface area contributed by atoms with Crippen LogP contribution in [-0.4, -0.2) is 18.9 Å². The summed E-state index contributed by atoms with van der Waals surface area (Å²) in [5.74, 6) is -0.450. The number of halogens is 2. The van der Waals surface area contributed by atoms with Crippen molar-refractivity contribution in [3.63, 3.8) is 0 Å². The van der Waals surface area contributed by atoms with Crippen molar-refractivity contribution in [1.29, 1.82) is 0 Å². The SMILES string of the molecule is COc1ccc(Br)c(C(=O)Nc2cc(C(N)=O)ccc2Cl)c1. The Bertz CT molecular complexity index is 750. The number of primary amides is 1. The van der Waals surface area contributed by atoms with E-state index in [1.807, 2.05) is 0 Å². The van der Waals surface area contributed by atoms with Gasteiger partial charge in [0, 0.05) is 10.0 Å². The molecule has 0 saturated heterocycles. The number of carbonyl (C=O) groups is 2. The van der Waals surface area contributed by atoms with E-state index in [1.54, 1.807) is 18.2 Å². The minimum atomic E-state index is -0.602. The van der Waals surface area contributed by atoms with E-state index in [0.717, 1.165) is 0 Å². The molecule has 0 unspecified atom stereocenters. The Balaban J connectivity index is 2.33. The van der Waals surface area contributed by atoms with E-state index in [9.17, 15) is 9.59 Å². The summed E-state index contributed by atoms with van der Waals surface area (Å²) >= 11 is 9.33. The Hall–Kier alpha value is -2.05. The van der Waals surface area contributed by atoms with Gasteiger partial charge >= 0.3 is 0 Å². The first-order valence-electron chi connectivity index (χ1n) is 6.16. The van der Waals surface area contributed by atoms with Crippen LogP contribution in [0.1, 0.15) is 20.7 Å². The molecule has 7 heteroatoms. The van der Waals surface area contributed by atoms with Gasteiger partial charge in [-0.15, -0.1) is 0 Å². The third kappa shape index (κ3) is 3.58. The molecular weight excluding hydrogens is 372 g/mol. The van der Waals surface area contributed by atoms with Crippen molar-refractivity contribution in [3.8, 4) is 5.75 Å². The highest BCUT2D eigenvalue weighted by molar-refractivity contribution is 9.10. The maximum absolute atomic E-state index is 12.4. The average molecular weight is 384 g/mol. The molecule has 2 rings (SSSR count). The van der Waals surface area contributed by atoms with Crippen LogP contribution in [0.5, 0.6) is 5.75 Å². The fourth-order valence-electron chi connectivity index (χ4n) is 1.77. The van der Waals surface area contributed by atoms with Gasteiger partial charge in [-0.1, -0.05) is 11.6 Å². The third-order valence-corrected chi connectivity index (χ3v) is 3.94. The van der Waals surface area contributed by atoms with E-state index in [-0.39, 0.29) is 5.56 Å². The van der Waals surface area contributed by atoms with Crippen molar-refractivity contribution in [2.75, 3.05) is 12.4 Å². The number of benzene rings is 2. The number of nitrogens with two attached hydrogens (primary N) is 1.